The Labute approximate surface area is 114 Å². The molecule has 2 aromatic rings. The lowest BCUT2D eigenvalue weighted by Gasteiger charge is -2.17. The van der Waals surface area contributed by atoms with Crippen LogP contribution in [0.4, 0.5) is 4.39 Å². The van der Waals surface area contributed by atoms with Crippen LogP contribution in [0.1, 0.15) is 12.5 Å². The third-order valence-electron chi connectivity index (χ3n) is 2.75. The molecule has 1 unspecified atom stereocenters. The number of aromatic nitrogens is 1. The van der Waals surface area contributed by atoms with Gasteiger partial charge in [-0.05, 0) is 37.3 Å². The number of aliphatic hydroxyl groups is 1. The molecule has 1 aromatic heterocycles. The molecule has 0 radical (unpaired) electrons. The molecule has 0 spiro atoms. The highest BCUT2D eigenvalue weighted by Gasteiger charge is 2.32. The molecule has 0 aliphatic carbocycles. The monoisotopic (exact) mass is 277 g/mol. The first-order valence-corrected chi connectivity index (χ1v) is 5.75. The molecular formula is C14H12FNO4. The Bertz CT molecular complexity index is 608. The van der Waals surface area contributed by atoms with Crippen LogP contribution in [0, 0.1) is 5.82 Å². The van der Waals surface area contributed by atoms with Crippen molar-refractivity contribution < 1.29 is 24.1 Å². The lowest BCUT2D eigenvalue weighted by atomic mass is 9.98. The van der Waals surface area contributed by atoms with Crippen LogP contribution in [0.15, 0.2) is 42.6 Å². The molecule has 2 N–H and O–H groups in total. The summed E-state index contributed by atoms with van der Waals surface area (Å²) < 4.78 is 18.1. The fourth-order valence-corrected chi connectivity index (χ4v) is 1.48. The second kappa shape index (κ2) is 5.26. The maximum absolute atomic E-state index is 12.7. The van der Waals surface area contributed by atoms with Gasteiger partial charge in [-0.3, -0.25) is 0 Å². The third-order valence-corrected chi connectivity index (χ3v) is 2.75. The Morgan fingerprint density at radius 2 is 1.90 bits per heavy atom. The van der Waals surface area contributed by atoms with Gasteiger partial charge in [0.1, 0.15) is 11.6 Å². The van der Waals surface area contributed by atoms with Gasteiger partial charge in [0.2, 0.25) is 5.88 Å². The molecule has 1 atom stereocenters. The van der Waals surface area contributed by atoms with Crippen LogP contribution >= 0.6 is 0 Å². The number of carboxylic acids is 1. The maximum atomic E-state index is 12.7. The molecule has 20 heavy (non-hydrogen) atoms. The lowest BCUT2D eigenvalue weighted by molar-refractivity contribution is -0.157. The largest absolute Gasteiger partial charge is 0.479 e. The minimum absolute atomic E-state index is 0.136. The molecule has 1 aromatic carbocycles. The Balaban J connectivity index is 2.16. The van der Waals surface area contributed by atoms with Crippen LogP contribution < -0.4 is 4.74 Å². The highest BCUT2D eigenvalue weighted by molar-refractivity contribution is 5.78. The third kappa shape index (κ3) is 2.92. The highest BCUT2D eigenvalue weighted by atomic mass is 19.1. The van der Waals surface area contributed by atoms with E-state index < -0.39 is 11.6 Å². The first kappa shape index (κ1) is 14.0. The van der Waals surface area contributed by atoms with Gasteiger partial charge in [-0.25, -0.2) is 14.2 Å². The van der Waals surface area contributed by atoms with Gasteiger partial charge in [0.15, 0.2) is 5.60 Å². The van der Waals surface area contributed by atoms with E-state index in [1.165, 1.54) is 42.6 Å². The Morgan fingerprint density at radius 3 is 2.40 bits per heavy atom. The highest BCUT2D eigenvalue weighted by Crippen LogP contribution is 2.24. The molecule has 0 saturated carbocycles. The summed E-state index contributed by atoms with van der Waals surface area (Å²) in [5.41, 5.74) is -1.88. The van der Waals surface area contributed by atoms with Gasteiger partial charge in [0.25, 0.3) is 0 Å². The van der Waals surface area contributed by atoms with Crippen molar-refractivity contribution in [3.05, 3.63) is 54.0 Å². The van der Waals surface area contributed by atoms with Crippen LogP contribution in [0.3, 0.4) is 0 Å². The molecule has 0 aliphatic rings. The Morgan fingerprint density at radius 1 is 1.25 bits per heavy atom. The molecule has 0 aliphatic heterocycles. The molecule has 104 valence electrons. The SMILES string of the molecule is CC(O)(C(=O)O)c1ccc(Oc2ccc(F)cc2)nc1. The quantitative estimate of drug-likeness (QED) is 0.896. The summed E-state index contributed by atoms with van der Waals surface area (Å²) in [5, 5.41) is 18.6. The van der Waals surface area contributed by atoms with E-state index in [2.05, 4.69) is 4.98 Å². The molecule has 2 rings (SSSR count). The number of carboxylic acid groups (broad SMARTS) is 1. The Hall–Kier alpha value is -2.47. The zero-order valence-corrected chi connectivity index (χ0v) is 10.6. The van der Waals surface area contributed by atoms with Crippen molar-refractivity contribution in [3.63, 3.8) is 0 Å². The Kier molecular flexibility index (Phi) is 3.67. The van der Waals surface area contributed by atoms with E-state index in [0.29, 0.717) is 5.75 Å². The average Bonchev–Trinajstić information content (AvgIpc) is 2.42. The van der Waals surface area contributed by atoms with Crippen LogP contribution in [-0.2, 0) is 10.4 Å². The summed E-state index contributed by atoms with van der Waals surface area (Å²) in [4.78, 5) is 14.8. The number of carbonyl (C=O) groups is 1. The number of rotatable bonds is 4. The van der Waals surface area contributed by atoms with Gasteiger partial charge in [-0.15, -0.1) is 0 Å². The van der Waals surface area contributed by atoms with Gasteiger partial charge in [-0.1, -0.05) is 0 Å². The van der Waals surface area contributed by atoms with Crippen LogP contribution in [0.5, 0.6) is 11.6 Å². The fraction of sp³-hybridized carbons (Fsp3) is 0.143. The maximum Gasteiger partial charge on any atom is 0.340 e. The number of ether oxygens (including phenoxy) is 1. The van der Waals surface area contributed by atoms with Crippen molar-refractivity contribution >= 4 is 5.97 Å². The zero-order chi connectivity index (χ0) is 14.8. The summed E-state index contributed by atoms with van der Waals surface area (Å²) in [7, 11) is 0. The van der Waals surface area contributed by atoms with E-state index >= 15 is 0 Å². The predicted molar refractivity (Wildman–Crippen MR) is 67.9 cm³/mol. The summed E-state index contributed by atoms with van der Waals surface area (Å²) in [6.07, 6.45) is 1.22. The number of pyridine rings is 1. The molecule has 0 fully saturated rings. The first-order valence-electron chi connectivity index (χ1n) is 5.75. The van der Waals surface area contributed by atoms with E-state index in [0.717, 1.165) is 6.92 Å². The topological polar surface area (TPSA) is 79.7 Å². The number of aliphatic carboxylic acids is 1. The smallest absolute Gasteiger partial charge is 0.340 e. The van der Waals surface area contributed by atoms with Crippen molar-refractivity contribution in [2.24, 2.45) is 0 Å². The molecule has 0 amide bonds. The standard InChI is InChI=1S/C14H12FNO4/c1-14(19,13(17)18)9-2-7-12(16-8-9)20-11-5-3-10(15)4-6-11/h2-8,19H,1H3,(H,17,18). The van der Waals surface area contributed by atoms with Crippen molar-refractivity contribution in [1.29, 1.82) is 0 Å². The average molecular weight is 277 g/mol. The van der Waals surface area contributed by atoms with Crippen LogP contribution in [-0.4, -0.2) is 21.2 Å². The molecule has 0 saturated heterocycles. The second-order valence-electron chi connectivity index (χ2n) is 4.32. The molecule has 6 heteroatoms. The van der Waals surface area contributed by atoms with Crippen molar-refractivity contribution in [2.45, 2.75) is 12.5 Å². The summed E-state index contributed by atoms with van der Waals surface area (Å²) in [6.45, 7) is 1.16. The second-order valence-corrected chi connectivity index (χ2v) is 4.32. The van der Waals surface area contributed by atoms with Crippen LogP contribution in [0.25, 0.3) is 0 Å². The minimum Gasteiger partial charge on any atom is -0.479 e. The van der Waals surface area contributed by atoms with Crippen LogP contribution in [0.2, 0.25) is 0 Å². The number of benzene rings is 1. The van der Waals surface area contributed by atoms with E-state index in [1.54, 1.807) is 0 Å². The minimum atomic E-state index is -2.01. The van der Waals surface area contributed by atoms with Crippen molar-refractivity contribution in [1.82, 2.24) is 4.98 Å². The summed E-state index contributed by atoms with van der Waals surface area (Å²) in [6, 6.07) is 8.21. The van der Waals surface area contributed by atoms with Gasteiger partial charge in [0, 0.05) is 17.8 Å². The van der Waals surface area contributed by atoms with E-state index in [4.69, 9.17) is 9.84 Å². The normalized spacial score (nSPS) is 13.6. The summed E-state index contributed by atoms with van der Waals surface area (Å²) in [5.74, 6) is -1.14. The first-order chi connectivity index (χ1) is 9.39. The summed E-state index contributed by atoms with van der Waals surface area (Å²) >= 11 is 0. The number of nitrogens with zero attached hydrogens (tertiary/aromatic N) is 1. The number of hydrogen-bond donors (Lipinski definition) is 2. The van der Waals surface area contributed by atoms with Gasteiger partial charge in [0.05, 0.1) is 0 Å². The van der Waals surface area contributed by atoms with E-state index in [9.17, 15) is 14.3 Å². The number of hydrogen-bond acceptors (Lipinski definition) is 4. The van der Waals surface area contributed by atoms with E-state index in [1.807, 2.05) is 0 Å². The van der Waals surface area contributed by atoms with Crippen molar-refractivity contribution in [3.8, 4) is 11.6 Å². The molecule has 5 nitrogen and oxygen atoms in total. The zero-order valence-electron chi connectivity index (χ0n) is 10.6. The molecular weight excluding hydrogens is 265 g/mol. The van der Waals surface area contributed by atoms with Gasteiger partial charge < -0.3 is 14.9 Å². The molecule has 1 heterocycles. The lowest BCUT2D eigenvalue weighted by Crippen LogP contribution is -2.31. The molecule has 0 bridgehead atoms. The van der Waals surface area contributed by atoms with E-state index in [-0.39, 0.29) is 17.3 Å². The van der Waals surface area contributed by atoms with Gasteiger partial charge in [-0.2, -0.15) is 0 Å². The van der Waals surface area contributed by atoms with Gasteiger partial charge >= 0.3 is 5.97 Å². The number of halogens is 1. The fourth-order valence-electron chi connectivity index (χ4n) is 1.48. The van der Waals surface area contributed by atoms with Crippen molar-refractivity contribution in [2.75, 3.05) is 0 Å². The predicted octanol–water partition coefficient (Wildman–Crippen LogP) is 2.31.